The highest BCUT2D eigenvalue weighted by Gasteiger charge is 2.19. The van der Waals surface area contributed by atoms with Gasteiger partial charge < -0.3 is 14.3 Å². The molecule has 0 saturated carbocycles. The van der Waals surface area contributed by atoms with E-state index in [0.29, 0.717) is 11.7 Å². The third-order valence-corrected chi connectivity index (χ3v) is 5.33. The summed E-state index contributed by atoms with van der Waals surface area (Å²) in [6.45, 7) is 7.88. The molecule has 1 aliphatic rings. The van der Waals surface area contributed by atoms with Crippen molar-refractivity contribution >= 4 is 11.5 Å². The van der Waals surface area contributed by atoms with Gasteiger partial charge in [-0.2, -0.15) is 10.1 Å². The molecule has 9 heteroatoms. The SMILES string of the molecule is Cc1cc2ncc(-c3nc(-c4ccnc(N5CCN(C)CC5)c4)no3)c(C)n2n1. The third-order valence-electron chi connectivity index (χ3n) is 5.33. The Morgan fingerprint density at radius 1 is 1.03 bits per heavy atom. The second-order valence-electron chi connectivity index (χ2n) is 7.43. The second kappa shape index (κ2) is 6.93. The van der Waals surface area contributed by atoms with Gasteiger partial charge in [-0.15, -0.1) is 0 Å². The highest BCUT2D eigenvalue weighted by atomic mass is 16.5. The van der Waals surface area contributed by atoms with Gasteiger partial charge in [-0.3, -0.25) is 0 Å². The average Bonchev–Trinajstić information content (AvgIpc) is 3.36. The van der Waals surface area contributed by atoms with E-state index >= 15 is 0 Å². The second-order valence-corrected chi connectivity index (χ2v) is 7.43. The number of fused-ring (bicyclic) bond motifs is 1. The van der Waals surface area contributed by atoms with Gasteiger partial charge >= 0.3 is 0 Å². The molecule has 0 unspecified atom stereocenters. The van der Waals surface area contributed by atoms with Crippen LogP contribution in [0.5, 0.6) is 0 Å². The van der Waals surface area contributed by atoms with Crippen LogP contribution in [0.1, 0.15) is 11.4 Å². The number of hydrogen-bond acceptors (Lipinski definition) is 8. The van der Waals surface area contributed by atoms with Crippen LogP contribution in [0.4, 0.5) is 5.82 Å². The molecule has 0 aliphatic carbocycles. The molecule has 29 heavy (non-hydrogen) atoms. The standard InChI is InChI=1S/C20H22N8O/c1-13-10-18-22-12-16(14(2)28(18)24-13)20-23-19(25-29-20)15-4-5-21-17(11-15)27-8-6-26(3)7-9-27/h4-5,10-12H,6-9H2,1-3H3. The summed E-state index contributed by atoms with van der Waals surface area (Å²) in [5, 5.41) is 8.67. The summed E-state index contributed by atoms with van der Waals surface area (Å²) in [4.78, 5) is 18.2. The van der Waals surface area contributed by atoms with Gasteiger partial charge in [0.05, 0.1) is 17.0 Å². The first-order valence-electron chi connectivity index (χ1n) is 9.64. The van der Waals surface area contributed by atoms with Gasteiger partial charge in [-0.05, 0) is 33.0 Å². The fraction of sp³-hybridized carbons (Fsp3) is 0.350. The molecule has 5 rings (SSSR count). The molecule has 5 heterocycles. The van der Waals surface area contributed by atoms with E-state index < -0.39 is 0 Å². The fourth-order valence-electron chi connectivity index (χ4n) is 3.59. The van der Waals surface area contributed by atoms with Gasteiger partial charge in [-0.25, -0.2) is 14.5 Å². The van der Waals surface area contributed by atoms with E-state index in [4.69, 9.17) is 4.52 Å². The van der Waals surface area contributed by atoms with Crippen molar-refractivity contribution in [1.29, 1.82) is 0 Å². The lowest BCUT2D eigenvalue weighted by Gasteiger charge is -2.33. The lowest BCUT2D eigenvalue weighted by Crippen LogP contribution is -2.44. The summed E-state index contributed by atoms with van der Waals surface area (Å²) in [6.07, 6.45) is 3.55. The summed E-state index contributed by atoms with van der Waals surface area (Å²) in [5.74, 6) is 1.90. The van der Waals surface area contributed by atoms with E-state index in [1.807, 2.05) is 32.0 Å². The Morgan fingerprint density at radius 3 is 2.69 bits per heavy atom. The Labute approximate surface area is 168 Å². The minimum absolute atomic E-state index is 0.429. The molecule has 0 atom stereocenters. The molecule has 0 amide bonds. The molecule has 4 aromatic heterocycles. The van der Waals surface area contributed by atoms with Crippen molar-refractivity contribution in [2.75, 3.05) is 38.1 Å². The van der Waals surface area contributed by atoms with Crippen LogP contribution in [0.2, 0.25) is 0 Å². The molecule has 148 valence electrons. The number of anilines is 1. The Bertz CT molecular complexity index is 1170. The molecular weight excluding hydrogens is 368 g/mol. The highest BCUT2D eigenvalue weighted by molar-refractivity contribution is 5.64. The number of rotatable bonds is 3. The lowest BCUT2D eigenvalue weighted by molar-refractivity contribution is 0.312. The van der Waals surface area contributed by atoms with Crippen LogP contribution < -0.4 is 4.90 Å². The Hall–Kier alpha value is -3.33. The van der Waals surface area contributed by atoms with Crippen LogP contribution in [-0.4, -0.2) is 67.8 Å². The minimum atomic E-state index is 0.429. The topological polar surface area (TPSA) is 88.5 Å². The van der Waals surface area contributed by atoms with Gasteiger partial charge in [0.2, 0.25) is 5.82 Å². The molecule has 0 spiro atoms. The average molecular weight is 390 g/mol. The summed E-state index contributed by atoms with van der Waals surface area (Å²) in [6, 6.07) is 5.86. The molecule has 1 fully saturated rings. The Kier molecular flexibility index (Phi) is 4.24. The van der Waals surface area contributed by atoms with Crippen molar-refractivity contribution in [3.05, 3.63) is 42.0 Å². The largest absolute Gasteiger partial charge is 0.354 e. The molecule has 4 aromatic rings. The van der Waals surface area contributed by atoms with E-state index in [9.17, 15) is 0 Å². The number of likely N-dealkylation sites (N-methyl/N-ethyl adjacent to an activating group) is 1. The summed E-state index contributed by atoms with van der Waals surface area (Å²) < 4.78 is 7.36. The predicted molar refractivity (Wildman–Crippen MR) is 109 cm³/mol. The van der Waals surface area contributed by atoms with E-state index in [1.165, 1.54) is 0 Å². The first kappa shape index (κ1) is 17.7. The number of aryl methyl sites for hydroxylation is 2. The maximum atomic E-state index is 5.56. The van der Waals surface area contributed by atoms with E-state index in [1.54, 1.807) is 16.9 Å². The molecular formula is C20H22N8O. The first-order chi connectivity index (χ1) is 14.1. The van der Waals surface area contributed by atoms with Gasteiger partial charge in [-0.1, -0.05) is 5.16 Å². The zero-order valence-electron chi connectivity index (χ0n) is 16.7. The molecule has 0 bridgehead atoms. The maximum Gasteiger partial charge on any atom is 0.261 e. The first-order valence-corrected chi connectivity index (χ1v) is 9.64. The third kappa shape index (κ3) is 3.23. The fourth-order valence-corrected chi connectivity index (χ4v) is 3.59. The van der Waals surface area contributed by atoms with E-state index in [-0.39, 0.29) is 0 Å². The smallest absolute Gasteiger partial charge is 0.261 e. The van der Waals surface area contributed by atoms with Crippen molar-refractivity contribution < 1.29 is 4.52 Å². The van der Waals surface area contributed by atoms with Crippen molar-refractivity contribution in [3.63, 3.8) is 0 Å². The Balaban J connectivity index is 1.46. The summed E-state index contributed by atoms with van der Waals surface area (Å²) in [7, 11) is 2.14. The molecule has 1 saturated heterocycles. The van der Waals surface area contributed by atoms with Gasteiger partial charge in [0.15, 0.2) is 5.65 Å². The van der Waals surface area contributed by atoms with Crippen LogP contribution in [0.25, 0.3) is 28.5 Å². The molecule has 1 aliphatic heterocycles. The highest BCUT2D eigenvalue weighted by Crippen LogP contribution is 2.26. The van der Waals surface area contributed by atoms with Crippen molar-refractivity contribution in [3.8, 4) is 22.8 Å². The minimum Gasteiger partial charge on any atom is -0.354 e. The van der Waals surface area contributed by atoms with Crippen LogP contribution >= 0.6 is 0 Å². The van der Waals surface area contributed by atoms with E-state index in [2.05, 4.69) is 42.1 Å². The zero-order chi connectivity index (χ0) is 20.0. The molecule has 0 aromatic carbocycles. The number of hydrogen-bond donors (Lipinski definition) is 0. The monoisotopic (exact) mass is 390 g/mol. The van der Waals surface area contributed by atoms with Crippen molar-refractivity contribution in [2.45, 2.75) is 13.8 Å². The van der Waals surface area contributed by atoms with Crippen LogP contribution in [-0.2, 0) is 0 Å². The number of piperazine rings is 1. The molecule has 0 radical (unpaired) electrons. The van der Waals surface area contributed by atoms with Crippen LogP contribution in [0.3, 0.4) is 0 Å². The predicted octanol–water partition coefficient (Wildman–Crippen LogP) is 2.21. The van der Waals surface area contributed by atoms with Crippen LogP contribution in [0, 0.1) is 13.8 Å². The van der Waals surface area contributed by atoms with Gasteiger partial charge in [0.25, 0.3) is 5.89 Å². The summed E-state index contributed by atoms with van der Waals surface area (Å²) in [5.41, 5.74) is 4.27. The number of aromatic nitrogens is 6. The van der Waals surface area contributed by atoms with E-state index in [0.717, 1.165) is 60.2 Å². The van der Waals surface area contributed by atoms with Crippen molar-refractivity contribution in [2.24, 2.45) is 0 Å². The maximum absolute atomic E-state index is 5.56. The summed E-state index contributed by atoms with van der Waals surface area (Å²) >= 11 is 0. The normalized spacial score (nSPS) is 15.3. The quantitative estimate of drug-likeness (QED) is 0.526. The van der Waals surface area contributed by atoms with Gasteiger partial charge in [0.1, 0.15) is 5.82 Å². The lowest BCUT2D eigenvalue weighted by atomic mass is 10.2. The van der Waals surface area contributed by atoms with Crippen LogP contribution in [0.15, 0.2) is 35.1 Å². The molecule has 9 nitrogen and oxygen atoms in total. The zero-order valence-corrected chi connectivity index (χ0v) is 16.7. The molecule has 0 N–H and O–H groups in total. The van der Waals surface area contributed by atoms with Gasteiger partial charge in [0, 0.05) is 50.2 Å². The van der Waals surface area contributed by atoms with Crippen molar-refractivity contribution in [1.82, 2.24) is 34.6 Å². The number of nitrogens with zero attached hydrogens (tertiary/aromatic N) is 8. The number of pyridine rings is 1. The Morgan fingerprint density at radius 2 is 1.86 bits per heavy atom.